The molecular formula is C24H32N2O4S. The Hall–Kier alpha value is -2.28. The smallest absolute Gasteiger partial charge is 0.326 e. The van der Waals surface area contributed by atoms with Gasteiger partial charge in [-0.25, -0.2) is 0 Å². The fourth-order valence-electron chi connectivity index (χ4n) is 4.61. The molecule has 1 aromatic rings. The van der Waals surface area contributed by atoms with Crippen LogP contribution in [0.15, 0.2) is 17.0 Å². The molecule has 1 saturated heterocycles. The molecule has 0 aromatic heterocycles. The van der Waals surface area contributed by atoms with Crippen LogP contribution in [-0.2, 0) is 14.3 Å². The van der Waals surface area contributed by atoms with Gasteiger partial charge in [0, 0.05) is 17.8 Å². The highest BCUT2D eigenvalue weighted by atomic mass is 32.2. The number of hydrogen-bond acceptors (Lipinski definition) is 6. The number of amides is 2. The molecule has 31 heavy (non-hydrogen) atoms. The highest BCUT2D eigenvalue weighted by Crippen LogP contribution is 2.44. The lowest BCUT2D eigenvalue weighted by Crippen LogP contribution is -2.48. The van der Waals surface area contributed by atoms with Gasteiger partial charge in [0.1, 0.15) is 6.54 Å². The predicted molar refractivity (Wildman–Crippen MR) is 125 cm³/mol. The van der Waals surface area contributed by atoms with Crippen LogP contribution in [0.5, 0.6) is 0 Å². The standard InChI is InChI=1S/C24H32N2O4S/c1-8-26-19-9-15(4)17(10-18(19)16(5)12-24(26,6)7)11-20-22(28)25(23(29)31-20)13-21(27)30-14(2)3/h9-11,14,16H,8,12-13H2,1-7H3/b20-11-. The zero-order chi connectivity index (χ0) is 23.1. The van der Waals surface area contributed by atoms with E-state index in [1.54, 1.807) is 19.9 Å². The van der Waals surface area contributed by atoms with Crippen LogP contribution >= 0.6 is 11.8 Å². The minimum atomic E-state index is -0.584. The number of nitrogens with zero attached hydrogens (tertiary/aromatic N) is 2. The Labute approximate surface area is 189 Å². The van der Waals surface area contributed by atoms with Crippen LogP contribution in [0.25, 0.3) is 6.08 Å². The third kappa shape index (κ3) is 4.66. The van der Waals surface area contributed by atoms with Gasteiger partial charge in [-0.3, -0.25) is 19.3 Å². The van der Waals surface area contributed by atoms with Gasteiger partial charge in [-0.2, -0.15) is 0 Å². The highest BCUT2D eigenvalue weighted by molar-refractivity contribution is 8.18. The van der Waals surface area contributed by atoms with Gasteiger partial charge in [-0.1, -0.05) is 6.92 Å². The minimum absolute atomic E-state index is 0.0857. The van der Waals surface area contributed by atoms with Crippen molar-refractivity contribution in [2.75, 3.05) is 18.0 Å². The zero-order valence-electron chi connectivity index (χ0n) is 19.4. The van der Waals surface area contributed by atoms with Gasteiger partial charge in [0.25, 0.3) is 11.1 Å². The molecule has 6 nitrogen and oxygen atoms in total. The molecule has 1 fully saturated rings. The van der Waals surface area contributed by atoms with E-state index in [4.69, 9.17) is 4.74 Å². The van der Waals surface area contributed by atoms with Crippen molar-refractivity contribution >= 4 is 40.6 Å². The van der Waals surface area contributed by atoms with E-state index < -0.39 is 17.1 Å². The van der Waals surface area contributed by atoms with Crippen molar-refractivity contribution in [1.29, 1.82) is 0 Å². The van der Waals surface area contributed by atoms with E-state index in [0.29, 0.717) is 10.8 Å². The van der Waals surface area contributed by atoms with Crippen LogP contribution in [0.4, 0.5) is 10.5 Å². The first-order chi connectivity index (χ1) is 14.4. The summed E-state index contributed by atoms with van der Waals surface area (Å²) in [5, 5.41) is -0.445. The number of anilines is 1. The molecule has 0 N–H and O–H groups in total. The molecule has 7 heteroatoms. The van der Waals surface area contributed by atoms with Gasteiger partial charge in [0.2, 0.25) is 0 Å². The SMILES string of the molecule is CCN1c2cc(C)c(/C=C3\SC(=O)N(CC(=O)OC(C)C)C3=O)cc2C(C)CC1(C)C. The van der Waals surface area contributed by atoms with Crippen LogP contribution in [0.3, 0.4) is 0 Å². The van der Waals surface area contributed by atoms with Crippen LogP contribution in [0.1, 0.15) is 70.6 Å². The third-order valence-electron chi connectivity index (χ3n) is 5.90. The van der Waals surface area contributed by atoms with Crippen molar-refractivity contribution in [3.05, 3.63) is 33.7 Å². The number of carbonyl (C=O) groups is 3. The van der Waals surface area contributed by atoms with Crippen molar-refractivity contribution in [2.45, 2.75) is 72.4 Å². The molecule has 2 heterocycles. The number of thioether (sulfide) groups is 1. The Bertz CT molecular complexity index is 951. The van der Waals surface area contributed by atoms with E-state index in [1.807, 2.05) is 6.92 Å². The second-order valence-electron chi connectivity index (χ2n) is 9.24. The van der Waals surface area contributed by atoms with Gasteiger partial charge in [0.15, 0.2) is 0 Å². The lowest BCUT2D eigenvalue weighted by Gasteiger charge is -2.47. The van der Waals surface area contributed by atoms with Crippen molar-refractivity contribution < 1.29 is 19.1 Å². The van der Waals surface area contributed by atoms with Crippen molar-refractivity contribution in [3.8, 4) is 0 Å². The second-order valence-corrected chi connectivity index (χ2v) is 10.2. The second kappa shape index (κ2) is 8.69. The van der Waals surface area contributed by atoms with Crippen molar-refractivity contribution in [2.24, 2.45) is 0 Å². The normalized spacial score (nSPS) is 21.8. The maximum absolute atomic E-state index is 12.8. The molecule has 0 radical (unpaired) electrons. The summed E-state index contributed by atoms with van der Waals surface area (Å²) in [5.41, 5.74) is 4.57. The van der Waals surface area contributed by atoms with Gasteiger partial charge >= 0.3 is 5.97 Å². The number of hydrogen-bond donors (Lipinski definition) is 0. The quantitative estimate of drug-likeness (QED) is 0.465. The van der Waals surface area contributed by atoms with E-state index in [9.17, 15) is 14.4 Å². The Morgan fingerprint density at radius 1 is 1.32 bits per heavy atom. The lowest BCUT2D eigenvalue weighted by molar-refractivity contribution is -0.149. The topological polar surface area (TPSA) is 66.9 Å². The molecule has 0 bridgehead atoms. The summed E-state index contributed by atoms with van der Waals surface area (Å²) in [6.45, 7) is 15.0. The fraction of sp³-hybridized carbons (Fsp3) is 0.542. The average Bonchev–Trinajstić information content (AvgIpc) is 2.89. The maximum Gasteiger partial charge on any atom is 0.326 e. The number of aryl methyl sites for hydroxylation is 1. The summed E-state index contributed by atoms with van der Waals surface area (Å²) in [6.07, 6.45) is 2.53. The monoisotopic (exact) mass is 444 g/mol. The van der Waals surface area contributed by atoms with Crippen LogP contribution in [-0.4, -0.2) is 46.7 Å². The number of benzene rings is 1. The van der Waals surface area contributed by atoms with Gasteiger partial charge in [-0.15, -0.1) is 0 Å². The van der Waals surface area contributed by atoms with E-state index >= 15 is 0 Å². The number of fused-ring (bicyclic) bond motifs is 1. The molecule has 0 spiro atoms. The molecule has 0 saturated carbocycles. The molecule has 2 aliphatic heterocycles. The molecule has 168 valence electrons. The van der Waals surface area contributed by atoms with Crippen molar-refractivity contribution in [3.63, 3.8) is 0 Å². The number of rotatable bonds is 5. The first kappa shape index (κ1) is 23.4. The Balaban J connectivity index is 1.91. The summed E-state index contributed by atoms with van der Waals surface area (Å²) >= 11 is 0.870. The first-order valence-electron chi connectivity index (χ1n) is 10.8. The van der Waals surface area contributed by atoms with Gasteiger partial charge in [0.05, 0.1) is 11.0 Å². The van der Waals surface area contributed by atoms with Crippen LogP contribution < -0.4 is 4.90 Å². The summed E-state index contributed by atoms with van der Waals surface area (Å²) < 4.78 is 5.07. The van der Waals surface area contributed by atoms with E-state index in [-0.39, 0.29) is 18.2 Å². The summed E-state index contributed by atoms with van der Waals surface area (Å²) in [7, 11) is 0. The minimum Gasteiger partial charge on any atom is -0.462 e. The molecule has 3 rings (SSSR count). The first-order valence-corrected chi connectivity index (χ1v) is 11.6. The summed E-state index contributed by atoms with van der Waals surface area (Å²) in [6, 6.07) is 4.33. The summed E-state index contributed by atoms with van der Waals surface area (Å²) in [4.78, 5) is 40.8. The Morgan fingerprint density at radius 3 is 2.61 bits per heavy atom. The zero-order valence-corrected chi connectivity index (χ0v) is 20.3. The molecule has 1 aromatic carbocycles. The van der Waals surface area contributed by atoms with Crippen molar-refractivity contribution in [1.82, 2.24) is 4.90 Å². The van der Waals surface area contributed by atoms with Gasteiger partial charge in [-0.05, 0) is 101 Å². The Kier molecular flexibility index (Phi) is 6.56. The molecule has 2 aliphatic rings. The molecule has 1 atom stereocenters. The number of imide groups is 1. The number of ether oxygens (including phenoxy) is 1. The molecule has 0 aliphatic carbocycles. The summed E-state index contributed by atoms with van der Waals surface area (Å²) in [5.74, 6) is -0.641. The van der Waals surface area contributed by atoms with E-state index in [0.717, 1.165) is 40.8 Å². The molecular weight excluding hydrogens is 412 g/mol. The van der Waals surface area contributed by atoms with Crippen LogP contribution in [0.2, 0.25) is 0 Å². The Morgan fingerprint density at radius 2 is 2.00 bits per heavy atom. The van der Waals surface area contributed by atoms with Gasteiger partial charge < -0.3 is 9.64 Å². The third-order valence-corrected chi connectivity index (χ3v) is 6.81. The van der Waals surface area contributed by atoms with E-state index in [1.165, 1.54) is 11.3 Å². The van der Waals surface area contributed by atoms with E-state index in [2.05, 4.69) is 44.7 Å². The largest absolute Gasteiger partial charge is 0.462 e. The number of esters is 1. The molecule has 1 unspecified atom stereocenters. The lowest BCUT2D eigenvalue weighted by atomic mass is 9.79. The average molecular weight is 445 g/mol. The highest BCUT2D eigenvalue weighted by Gasteiger charge is 2.38. The predicted octanol–water partition coefficient (Wildman–Crippen LogP) is 5.10. The maximum atomic E-state index is 12.8. The fourth-order valence-corrected chi connectivity index (χ4v) is 5.44. The van der Waals surface area contributed by atoms with Crippen LogP contribution in [0, 0.1) is 6.92 Å². The molecule has 2 amide bonds. The number of carbonyl (C=O) groups excluding carboxylic acids is 3.